The topological polar surface area (TPSA) is 86.8 Å². The monoisotopic (exact) mass is 499 g/mol. The van der Waals surface area contributed by atoms with Gasteiger partial charge in [0.2, 0.25) is 21.8 Å². The first-order chi connectivity index (χ1) is 16.6. The minimum atomic E-state index is -3.85. The van der Waals surface area contributed by atoms with Gasteiger partial charge in [-0.3, -0.25) is 9.59 Å². The highest BCUT2D eigenvalue weighted by atomic mass is 32.2. The molecule has 190 valence electrons. The average Bonchev–Trinajstić information content (AvgIpc) is 3.32. The summed E-state index contributed by atoms with van der Waals surface area (Å²) >= 11 is 0. The quantitative estimate of drug-likeness (QED) is 0.539. The van der Waals surface area contributed by atoms with Crippen LogP contribution in [0.3, 0.4) is 0 Å². The summed E-state index contributed by atoms with van der Waals surface area (Å²) in [5.74, 6) is -0.581. The van der Waals surface area contributed by atoms with E-state index in [1.54, 1.807) is 24.3 Å². The first kappa shape index (κ1) is 26.9. The van der Waals surface area contributed by atoms with Crippen molar-refractivity contribution in [2.45, 2.75) is 76.4 Å². The van der Waals surface area contributed by atoms with Crippen LogP contribution in [0.2, 0.25) is 0 Å². The van der Waals surface area contributed by atoms with Crippen LogP contribution in [0.4, 0.5) is 0 Å². The Balaban J connectivity index is 1.84. The maximum Gasteiger partial charge on any atom is 0.243 e. The number of carbonyl (C=O) groups excluding carboxylic acids is 2. The van der Waals surface area contributed by atoms with E-state index in [0.29, 0.717) is 6.42 Å². The normalized spacial score (nSPS) is 15.2. The highest BCUT2D eigenvalue weighted by Crippen LogP contribution is 2.20. The molecule has 2 aromatic rings. The van der Waals surface area contributed by atoms with E-state index < -0.39 is 22.0 Å². The van der Waals surface area contributed by atoms with Gasteiger partial charge in [-0.05, 0) is 50.8 Å². The second kappa shape index (κ2) is 11.8. The number of hydrogen-bond donors (Lipinski definition) is 1. The maximum absolute atomic E-state index is 13.6. The molecule has 0 spiro atoms. The molecule has 2 aromatic carbocycles. The smallest absolute Gasteiger partial charge is 0.243 e. The summed E-state index contributed by atoms with van der Waals surface area (Å²) in [6.45, 7) is 5.61. The van der Waals surface area contributed by atoms with E-state index >= 15 is 0 Å². The average molecular weight is 500 g/mol. The maximum atomic E-state index is 13.6. The number of carbonyl (C=O) groups is 2. The van der Waals surface area contributed by atoms with Gasteiger partial charge in [0.25, 0.3) is 0 Å². The van der Waals surface area contributed by atoms with E-state index in [0.717, 1.165) is 46.7 Å². The van der Waals surface area contributed by atoms with Gasteiger partial charge in [-0.25, -0.2) is 8.42 Å². The second-order valence-corrected chi connectivity index (χ2v) is 11.5. The van der Waals surface area contributed by atoms with E-state index in [-0.39, 0.29) is 29.9 Å². The summed E-state index contributed by atoms with van der Waals surface area (Å²) in [7, 11) is -2.45. The molecular weight excluding hydrogens is 462 g/mol. The van der Waals surface area contributed by atoms with E-state index in [4.69, 9.17) is 0 Å². The Morgan fingerprint density at radius 3 is 2.29 bits per heavy atom. The molecule has 2 amide bonds. The van der Waals surface area contributed by atoms with Crippen molar-refractivity contribution in [3.63, 3.8) is 0 Å². The highest BCUT2D eigenvalue weighted by molar-refractivity contribution is 7.89. The number of amides is 2. The van der Waals surface area contributed by atoms with Gasteiger partial charge in [-0.15, -0.1) is 0 Å². The number of likely N-dealkylation sites (N-methyl/N-ethyl adjacent to an activating group) is 1. The predicted octanol–water partition coefficient (Wildman–Crippen LogP) is 3.79. The van der Waals surface area contributed by atoms with Crippen molar-refractivity contribution < 1.29 is 18.0 Å². The molecule has 0 radical (unpaired) electrons. The van der Waals surface area contributed by atoms with E-state index in [1.165, 1.54) is 11.9 Å². The van der Waals surface area contributed by atoms with E-state index in [2.05, 4.69) is 5.32 Å². The van der Waals surface area contributed by atoms with Crippen molar-refractivity contribution in [1.29, 1.82) is 0 Å². The summed E-state index contributed by atoms with van der Waals surface area (Å²) in [5, 5.41) is 3.11. The summed E-state index contributed by atoms with van der Waals surface area (Å²) in [4.78, 5) is 28.5. The Bertz CT molecular complexity index is 1130. The summed E-state index contributed by atoms with van der Waals surface area (Å²) < 4.78 is 27.2. The van der Waals surface area contributed by atoms with Gasteiger partial charge in [-0.1, -0.05) is 67.3 Å². The van der Waals surface area contributed by atoms with Crippen LogP contribution in [0, 0.1) is 13.8 Å². The fourth-order valence-corrected chi connectivity index (χ4v) is 5.67. The zero-order chi connectivity index (χ0) is 25.6. The van der Waals surface area contributed by atoms with Crippen LogP contribution in [0.25, 0.3) is 0 Å². The molecule has 1 aliphatic carbocycles. The number of nitrogens with one attached hydrogen (secondary N) is 1. The first-order valence-electron chi connectivity index (χ1n) is 12.3. The summed E-state index contributed by atoms with van der Waals surface area (Å²) in [6, 6.07) is 13.8. The lowest BCUT2D eigenvalue weighted by atomic mass is 10.1. The molecule has 1 fully saturated rings. The van der Waals surface area contributed by atoms with Crippen molar-refractivity contribution >= 4 is 21.8 Å². The van der Waals surface area contributed by atoms with Gasteiger partial charge in [-0.2, -0.15) is 4.31 Å². The molecule has 1 unspecified atom stereocenters. The molecule has 1 aliphatic rings. The third-order valence-corrected chi connectivity index (χ3v) is 8.43. The van der Waals surface area contributed by atoms with Crippen LogP contribution in [0.5, 0.6) is 0 Å². The third-order valence-electron chi connectivity index (χ3n) is 6.61. The van der Waals surface area contributed by atoms with Crippen LogP contribution in [-0.2, 0) is 26.2 Å². The minimum absolute atomic E-state index is 0.134. The Hall–Kier alpha value is -2.71. The molecule has 0 heterocycles. The van der Waals surface area contributed by atoms with Crippen LogP contribution in [0.15, 0.2) is 53.4 Å². The summed E-state index contributed by atoms with van der Waals surface area (Å²) in [6.07, 6.45) is 4.52. The Labute approximate surface area is 209 Å². The van der Waals surface area contributed by atoms with Gasteiger partial charge in [0, 0.05) is 19.6 Å². The highest BCUT2D eigenvalue weighted by Gasteiger charge is 2.33. The number of aryl methyl sites for hydroxylation is 2. The Kier molecular flexibility index (Phi) is 9.08. The fraction of sp³-hybridized carbons (Fsp3) is 0.481. The lowest BCUT2D eigenvalue weighted by molar-refractivity contribution is -0.141. The first-order valence-corrected chi connectivity index (χ1v) is 13.7. The predicted molar refractivity (Wildman–Crippen MR) is 137 cm³/mol. The van der Waals surface area contributed by atoms with Gasteiger partial charge >= 0.3 is 0 Å². The molecule has 1 N–H and O–H groups in total. The number of benzene rings is 2. The van der Waals surface area contributed by atoms with Crippen molar-refractivity contribution in [2.24, 2.45) is 0 Å². The SMILES string of the molecule is CCC(C(=O)NC1CCCC1)N(Cc1cccc(C)c1)C(=O)CN(C)S(=O)(=O)c1ccc(C)cc1. The van der Waals surface area contributed by atoms with Crippen LogP contribution in [0.1, 0.15) is 55.7 Å². The van der Waals surface area contributed by atoms with Gasteiger partial charge in [0.1, 0.15) is 6.04 Å². The molecule has 7 nitrogen and oxygen atoms in total. The van der Waals surface area contributed by atoms with Crippen LogP contribution in [-0.4, -0.2) is 55.1 Å². The van der Waals surface area contributed by atoms with Crippen molar-refractivity contribution in [2.75, 3.05) is 13.6 Å². The van der Waals surface area contributed by atoms with Gasteiger partial charge in [0.05, 0.1) is 11.4 Å². The Morgan fingerprint density at radius 2 is 1.69 bits per heavy atom. The standard InChI is InChI=1S/C27H37N3O4S/c1-5-25(27(32)28-23-11-6-7-12-23)30(18-22-10-8-9-21(3)17-22)26(31)19-29(4)35(33,34)24-15-13-20(2)14-16-24/h8-10,13-17,23,25H,5-7,11-12,18-19H2,1-4H3,(H,28,32). The van der Waals surface area contributed by atoms with Crippen molar-refractivity contribution in [3.05, 3.63) is 65.2 Å². The molecule has 0 bridgehead atoms. The zero-order valence-electron chi connectivity index (χ0n) is 21.2. The number of hydrogen-bond acceptors (Lipinski definition) is 4. The van der Waals surface area contributed by atoms with E-state index in [9.17, 15) is 18.0 Å². The molecule has 0 aliphatic heterocycles. The van der Waals surface area contributed by atoms with Crippen LogP contribution < -0.4 is 5.32 Å². The number of sulfonamides is 1. The molecule has 35 heavy (non-hydrogen) atoms. The van der Waals surface area contributed by atoms with E-state index in [1.807, 2.05) is 45.0 Å². The number of nitrogens with zero attached hydrogens (tertiary/aromatic N) is 2. The molecule has 1 atom stereocenters. The third kappa shape index (κ3) is 6.92. The molecule has 1 saturated carbocycles. The van der Waals surface area contributed by atoms with Crippen molar-refractivity contribution in [1.82, 2.24) is 14.5 Å². The molecule has 0 saturated heterocycles. The summed E-state index contributed by atoms with van der Waals surface area (Å²) in [5.41, 5.74) is 2.90. The molecule has 3 rings (SSSR count). The van der Waals surface area contributed by atoms with Crippen molar-refractivity contribution in [3.8, 4) is 0 Å². The molecule has 8 heteroatoms. The molecular formula is C27H37N3O4S. The van der Waals surface area contributed by atoms with Crippen LogP contribution >= 0.6 is 0 Å². The van der Waals surface area contributed by atoms with Gasteiger partial charge < -0.3 is 10.2 Å². The zero-order valence-corrected chi connectivity index (χ0v) is 22.0. The second-order valence-electron chi connectivity index (χ2n) is 9.50. The lowest BCUT2D eigenvalue weighted by Gasteiger charge is -2.32. The van der Waals surface area contributed by atoms with Gasteiger partial charge in [0.15, 0.2) is 0 Å². The number of rotatable bonds is 10. The molecule has 0 aromatic heterocycles. The fourth-order valence-electron chi connectivity index (χ4n) is 4.55. The Morgan fingerprint density at radius 1 is 1.03 bits per heavy atom. The largest absolute Gasteiger partial charge is 0.352 e. The lowest BCUT2D eigenvalue weighted by Crippen LogP contribution is -2.53. The minimum Gasteiger partial charge on any atom is -0.352 e.